The second-order valence-electron chi connectivity index (χ2n) is 9.61. The van der Waals surface area contributed by atoms with Crippen molar-refractivity contribution in [3.8, 4) is 0 Å². The predicted octanol–water partition coefficient (Wildman–Crippen LogP) is 7.37. The van der Waals surface area contributed by atoms with Gasteiger partial charge in [-0.1, -0.05) is 0 Å². The number of halogens is 1. The first-order chi connectivity index (χ1) is 14.1. The van der Waals surface area contributed by atoms with Crippen LogP contribution in [0.5, 0.6) is 0 Å². The van der Waals surface area contributed by atoms with Crippen LogP contribution < -0.4 is 5.32 Å². The van der Waals surface area contributed by atoms with Crippen molar-refractivity contribution in [3.05, 3.63) is 69.8 Å². The van der Waals surface area contributed by atoms with Crippen LogP contribution in [0.2, 0.25) is 0 Å². The molecule has 0 amide bonds. The van der Waals surface area contributed by atoms with E-state index in [9.17, 15) is 0 Å². The van der Waals surface area contributed by atoms with Crippen LogP contribution in [0.4, 0.5) is 0 Å². The Kier molecular flexibility index (Phi) is 9.07. The third-order valence-electron chi connectivity index (χ3n) is 6.07. The molecule has 0 saturated heterocycles. The SMILES string of the molecule is CC(C)c1cccc(C(C)C)c1C1=N[C](=[Au])NC1c1c(C(C)C)cccc1C(C)C.Cl. The number of hydrogen-bond acceptors (Lipinski definition) is 2. The van der Waals surface area contributed by atoms with E-state index < -0.39 is 0 Å². The fourth-order valence-electron chi connectivity index (χ4n) is 4.57. The minimum atomic E-state index is 0. The Bertz CT molecular complexity index is 921. The van der Waals surface area contributed by atoms with E-state index in [2.05, 4.69) is 118 Å². The van der Waals surface area contributed by atoms with Gasteiger partial charge in [0.25, 0.3) is 0 Å². The molecule has 0 aliphatic carbocycles. The van der Waals surface area contributed by atoms with Crippen molar-refractivity contribution in [2.75, 3.05) is 0 Å². The zero-order valence-electron chi connectivity index (χ0n) is 20.0. The van der Waals surface area contributed by atoms with Crippen molar-refractivity contribution in [2.45, 2.75) is 85.1 Å². The van der Waals surface area contributed by atoms with Gasteiger partial charge in [-0.05, 0) is 0 Å². The standard InChI is InChI=1S/C27H36N2.Au.ClH/c1-16(2)20-11-9-12-21(17(3)4)24(20)26-27(29-15-28-26)25-22(18(5)6)13-10-14-23(25)19(7)8;;/h9-14,16-19,26,28H,1-8H3;;1H. The van der Waals surface area contributed by atoms with E-state index in [4.69, 9.17) is 4.99 Å². The molecule has 4 heteroatoms. The summed E-state index contributed by atoms with van der Waals surface area (Å²) in [7, 11) is 0. The molecule has 2 aromatic rings. The topological polar surface area (TPSA) is 24.4 Å². The minimum absolute atomic E-state index is 0. The van der Waals surface area contributed by atoms with Crippen LogP contribution in [0.1, 0.15) is 118 Å². The van der Waals surface area contributed by atoms with Crippen LogP contribution in [0, 0.1) is 0 Å². The molecule has 1 heterocycles. The second kappa shape index (κ2) is 10.7. The molecule has 0 bridgehead atoms. The van der Waals surface area contributed by atoms with Crippen LogP contribution in [0.3, 0.4) is 0 Å². The van der Waals surface area contributed by atoms with Gasteiger partial charge in [-0.15, -0.1) is 12.4 Å². The Morgan fingerprint density at radius 1 is 0.710 bits per heavy atom. The van der Waals surface area contributed by atoms with Gasteiger partial charge in [0.2, 0.25) is 0 Å². The van der Waals surface area contributed by atoms with Gasteiger partial charge >= 0.3 is 195 Å². The average Bonchev–Trinajstić information content (AvgIpc) is 3.07. The molecule has 1 N–H and O–H groups in total. The van der Waals surface area contributed by atoms with Crippen LogP contribution in [-0.2, 0) is 20.6 Å². The summed E-state index contributed by atoms with van der Waals surface area (Å²) in [6.45, 7) is 18.3. The first-order valence-corrected chi connectivity index (χ1v) is 12.3. The smallest absolute Gasteiger partial charge is 0.147 e. The zero-order chi connectivity index (χ0) is 22.2. The Morgan fingerprint density at radius 2 is 1.10 bits per heavy atom. The number of nitrogens with one attached hydrogen (secondary N) is 1. The molecule has 1 aliphatic heterocycles. The molecule has 1 unspecified atom stereocenters. The van der Waals surface area contributed by atoms with E-state index >= 15 is 0 Å². The normalized spacial score (nSPS) is 16.5. The monoisotopic (exact) mass is 621 g/mol. The summed E-state index contributed by atoms with van der Waals surface area (Å²) in [5.74, 6) is 1.82. The van der Waals surface area contributed by atoms with E-state index in [0.29, 0.717) is 23.7 Å². The van der Waals surface area contributed by atoms with Crippen LogP contribution in [-0.4, -0.2) is 9.68 Å². The fourth-order valence-corrected chi connectivity index (χ4v) is 5.14. The van der Waals surface area contributed by atoms with Gasteiger partial charge in [-0.25, -0.2) is 0 Å². The Labute approximate surface area is 207 Å². The maximum atomic E-state index is 5.10. The molecule has 173 valence electrons. The third-order valence-corrected chi connectivity index (χ3v) is 6.63. The molecule has 3 rings (SSSR count). The molecule has 1 atom stereocenters. The summed E-state index contributed by atoms with van der Waals surface area (Å²) in [4.78, 5) is 5.10. The largest absolute Gasteiger partial charge is 0.147 e. The van der Waals surface area contributed by atoms with Crippen molar-refractivity contribution < 1.29 is 20.6 Å². The van der Waals surface area contributed by atoms with Crippen LogP contribution >= 0.6 is 12.4 Å². The summed E-state index contributed by atoms with van der Waals surface area (Å²) < 4.78 is 0.955. The van der Waals surface area contributed by atoms with E-state index in [1.807, 2.05) is 0 Å². The van der Waals surface area contributed by atoms with Gasteiger partial charge in [-0.2, -0.15) is 0 Å². The molecule has 2 aromatic carbocycles. The molecule has 0 saturated carbocycles. The van der Waals surface area contributed by atoms with E-state index in [1.54, 1.807) is 0 Å². The van der Waals surface area contributed by atoms with Crippen molar-refractivity contribution in [3.63, 3.8) is 0 Å². The van der Waals surface area contributed by atoms with Crippen molar-refractivity contribution in [1.29, 1.82) is 0 Å². The van der Waals surface area contributed by atoms with E-state index in [-0.39, 0.29) is 18.4 Å². The van der Waals surface area contributed by atoms with Crippen molar-refractivity contribution in [1.82, 2.24) is 5.32 Å². The zero-order valence-corrected chi connectivity index (χ0v) is 23.0. The van der Waals surface area contributed by atoms with Crippen LogP contribution in [0.25, 0.3) is 0 Å². The summed E-state index contributed by atoms with van der Waals surface area (Å²) >= 11 is 2.57. The molecule has 0 aromatic heterocycles. The fraction of sp³-hybridized carbons (Fsp3) is 0.481. The molecule has 1 aliphatic rings. The molecule has 0 spiro atoms. The average molecular weight is 622 g/mol. The summed E-state index contributed by atoms with van der Waals surface area (Å²) in [5.41, 5.74) is 9.55. The van der Waals surface area contributed by atoms with Gasteiger partial charge in [-0.3, -0.25) is 0 Å². The minimum Gasteiger partial charge on any atom is -0.147 e. The predicted molar refractivity (Wildman–Crippen MR) is 134 cm³/mol. The van der Waals surface area contributed by atoms with Gasteiger partial charge in [0.05, 0.1) is 0 Å². The first kappa shape index (κ1) is 26.2. The van der Waals surface area contributed by atoms with Crippen molar-refractivity contribution >= 4 is 22.1 Å². The van der Waals surface area contributed by atoms with Crippen LogP contribution in [0.15, 0.2) is 41.4 Å². The number of rotatable bonds is 6. The molecule has 2 nitrogen and oxygen atoms in total. The second-order valence-corrected chi connectivity index (χ2v) is 10.6. The first-order valence-electron chi connectivity index (χ1n) is 11.2. The van der Waals surface area contributed by atoms with Gasteiger partial charge in [0.15, 0.2) is 0 Å². The number of hydrogen-bond donors (Lipinski definition) is 1. The third kappa shape index (κ3) is 5.31. The van der Waals surface area contributed by atoms with Crippen molar-refractivity contribution in [2.24, 2.45) is 4.99 Å². The Hall–Kier alpha value is -1.03. The quantitative estimate of drug-likeness (QED) is 0.335. The molecule has 31 heavy (non-hydrogen) atoms. The number of aliphatic imine (C=N–C) groups is 1. The molecular weight excluding hydrogens is 585 g/mol. The Balaban J connectivity index is 0.00000341. The number of nitrogens with zero attached hydrogens (tertiary/aromatic N) is 1. The van der Waals surface area contributed by atoms with Gasteiger partial charge < -0.3 is 0 Å². The molecule has 0 radical (unpaired) electrons. The maximum Gasteiger partial charge on any atom is -0.147 e. The molecular formula is C27H37AuClN2. The summed E-state index contributed by atoms with van der Waals surface area (Å²) in [6.07, 6.45) is 0. The van der Waals surface area contributed by atoms with E-state index in [1.165, 1.54) is 39.1 Å². The summed E-state index contributed by atoms with van der Waals surface area (Å²) in [5, 5.41) is 3.73. The molecule has 0 fully saturated rings. The van der Waals surface area contributed by atoms with Gasteiger partial charge in [0, 0.05) is 0 Å². The maximum absolute atomic E-state index is 5.10. The summed E-state index contributed by atoms with van der Waals surface area (Å²) in [6, 6.07) is 13.7. The van der Waals surface area contributed by atoms with Gasteiger partial charge in [0.1, 0.15) is 0 Å². The number of benzene rings is 2. The Morgan fingerprint density at radius 3 is 1.48 bits per heavy atom. The van der Waals surface area contributed by atoms with E-state index in [0.717, 1.165) is 3.97 Å².